The first-order valence-electron chi connectivity index (χ1n) is 4.34. The Balaban J connectivity index is 2.99. The largest absolute Gasteiger partial charge is 0.402 e. The number of hydrogen-bond donors (Lipinski definition) is 6. The molecule has 10 nitrogen and oxygen atoms in total. The fourth-order valence-electron chi connectivity index (χ4n) is 1.34. The minimum atomic E-state index is -5.20. The Hall–Kier alpha value is -0.370. The van der Waals surface area contributed by atoms with Gasteiger partial charge in [0.1, 0.15) is 18.3 Å². The van der Waals surface area contributed by atoms with E-state index in [2.05, 4.69) is 8.92 Å². The lowest BCUT2D eigenvalue weighted by Gasteiger charge is -2.43. The molecule has 0 amide bonds. The van der Waals surface area contributed by atoms with Gasteiger partial charge in [0.2, 0.25) is 0 Å². The average molecular weight is 276 g/mol. The maximum atomic E-state index is 10.4. The quantitative estimate of drug-likeness (QED) is 0.220. The van der Waals surface area contributed by atoms with Crippen LogP contribution < -0.4 is 0 Å². The van der Waals surface area contributed by atoms with Gasteiger partial charge in [0.25, 0.3) is 0 Å². The molecule has 0 saturated carbocycles. The summed E-state index contributed by atoms with van der Waals surface area (Å²) in [6.45, 7) is -0.901. The van der Waals surface area contributed by atoms with Crippen LogP contribution in [0.2, 0.25) is 0 Å². The highest BCUT2D eigenvalue weighted by atomic mass is 32.3. The molecule has 17 heavy (non-hydrogen) atoms. The zero-order valence-electron chi connectivity index (χ0n) is 8.24. The lowest BCUT2D eigenvalue weighted by Crippen LogP contribution is -2.66. The van der Waals surface area contributed by atoms with Gasteiger partial charge in [-0.05, 0) is 0 Å². The van der Waals surface area contributed by atoms with Gasteiger partial charge in [0.05, 0.1) is 6.61 Å². The predicted molar refractivity (Wildman–Crippen MR) is 47.6 cm³/mol. The molecule has 1 aliphatic rings. The van der Waals surface area contributed by atoms with Crippen molar-refractivity contribution in [2.75, 3.05) is 6.61 Å². The molecule has 1 heterocycles. The molecule has 1 aliphatic heterocycles. The zero-order chi connectivity index (χ0) is 13.4. The third-order valence-corrected chi connectivity index (χ3v) is 2.60. The fraction of sp³-hybridized carbons (Fsp3) is 1.00. The molecule has 0 aromatic rings. The number of ether oxygens (including phenoxy) is 1. The van der Waals surface area contributed by atoms with Crippen molar-refractivity contribution in [1.29, 1.82) is 0 Å². The van der Waals surface area contributed by atoms with Crippen molar-refractivity contribution in [3.8, 4) is 0 Å². The second-order valence-corrected chi connectivity index (χ2v) is 4.43. The summed E-state index contributed by atoms with van der Waals surface area (Å²) >= 11 is 0. The highest BCUT2D eigenvalue weighted by Gasteiger charge is 2.56. The summed E-state index contributed by atoms with van der Waals surface area (Å²) < 4.78 is 37.2. The van der Waals surface area contributed by atoms with Crippen molar-refractivity contribution in [3.63, 3.8) is 0 Å². The molecule has 11 heteroatoms. The Labute approximate surface area is 95.6 Å². The van der Waals surface area contributed by atoms with Crippen LogP contribution in [-0.4, -0.2) is 75.5 Å². The summed E-state index contributed by atoms with van der Waals surface area (Å²) in [5.41, 5.74) is 0. The van der Waals surface area contributed by atoms with Crippen LogP contribution >= 0.6 is 0 Å². The van der Waals surface area contributed by atoms with Crippen molar-refractivity contribution in [2.24, 2.45) is 0 Å². The van der Waals surface area contributed by atoms with Crippen molar-refractivity contribution < 1.29 is 47.4 Å². The molecule has 102 valence electrons. The summed E-state index contributed by atoms with van der Waals surface area (Å²) in [5, 5.41) is 46.0. The molecule has 1 saturated heterocycles. The van der Waals surface area contributed by atoms with Gasteiger partial charge < -0.3 is 30.3 Å². The molecule has 6 N–H and O–H groups in total. The Morgan fingerprint density at radius 3 is 2.18 bits per heavy atom. The van der Waals surface area contributed by atoms with Crippen LogP contribution in [-0.2, 0) is 19.3 Å². The highest BCUT2D eigenvalue weighted by molar-refractivity contribution is 7.80. The van der Waals surface area contributed by atoms with Crippen LogP contribution in [0.4, 0.5) is 0 Å². The number of aliphatic hydroxyl groups excluding tert-OH is 4. The van der Waals surface area contributed by atoms with Gasteiger partial charge in [0, 0.05) is 0 Å². The first kappa shape index (κ1) is 14.7. The van der Waals surface area contributed by atoms with E-state index in [9.17, 15) is 28.8 Å². The van der Waals surface area contributed by atoms with Gasteiger partial charge in [-0.2, -0.15) is 12.6 Å². The van der Waals surface area contributed by atoms with E-state index < -0.39 is 47.4 Å². The Kier molecular flexibility index (Phi) is 4.08. The molecule has 0 aliphatic carbocycles. The summed E-state index contributed by atoms with van der Waals surface area (Å²) in [6, 6.07) is 0. The Morgan fingerprint density at radius 1 is 1.24 bits per heavy atom. The molecule has 0 radical (unpaired) electrons. The normalized spacial score (nSPS) is 43.6. The van der Waals surface area contributed by atoms with Crippen LogP contribution in [0, 0.1) is 0 Å². The second kappa shape index (κ2) is 4.72. The van der Waals surface area contributed by atoms with Gasteiger partial charge in [-0.15, -0.1) is 0 Å². The third-order valence-electron chi connectivity index (χ3n) is 2.15. The Morgan fingerprint density at radius 2 is 1.76 bits per heavy atom. The Bertz CT molecular complexity index is 365. The lowest BCUT2D eigenvalue weighted by atomic mass is 9.98. The van der Waals surface area contributed by atoms with E-state index in [0.717, 1.165) is 0 Å². The molecule has 1 rings (SSSR count). The molecule has 1 unspecified atom stereocenters. The molecule has 0 aromatic heterocycles. The van der Waals surface area contributed by atoms with E-state index in [-0.39, 0.29) is 0 Å². The van der Waals surface area contributed by atoms with E-state index >= 15 is 0 Å². The summed E-state index contributed by atoms with van der Waals surface area (Å²) in [7, 11) is -5.20. The highest BCUT2D eigenvalue weighted by Crippen LogP contribution is 2.30. The fourth-order valence-corrected chi connectivity index (χ4v) is 1.78. The standard InChI is InChI=1S/C6H12O10S/c7-1-2-3(8)4(9)5(10)6(11,15-2)16-17(12,13)14/h2-5,7-11H,1H2,(H,12,13,14)/t2-,3-,4+,5-,6?/m1/s1. The molecular weight excluding hydrogens is 264 g/mol. The van der Waals surface area contributed by atoms with E-state index in [4.69, 9.17) is 9.66 Å². The van der Waals surface area contributed by atoms with E-state index in [1.807, 2.05) is 0 Å². The third kappa shape index (κ3) is 3.09. The second-order valence-electron chi connectivity index (χ2n) is 3.41. The SMILES string of the molecule is O=S(=O)(O)OC1(O)O[C@H](CO)[C@@H](O)[C@H](O)[C@H]1O. The van der Waals surface area contributed by atoms with E-state index in [1.54, 1.807) is 0 Å². The van der Waals surface area contributed by atoms with Gasteiger partial charge in [-0.3, -0.25) is 4.55 Å². The minimum absolute atomic E-state index is 0.901. The average Bonchev–Trinajstić information content (AvgIpc) is 2.18. The van der Waals surface area contributed by atoms with E-state index in [1.165, 1.54) is 0 Å². The van der Waals surface area contributed by atoms with Crippen molar-refractivity contribution in [3.05, 3.63) is 0 Å². The van der Waals surface area contributed by atoms with Crippen molar-refractivity contribution >= 4 is 10.4 Å². The predicted octanol–water partition coefficient (Wildman–Crippen LogP) is -4.07. The molecular formula is C6H12O10S. The van der Waals surface area contributed by atoms with Crippen LogP contribution in [0.25, 0.3) is 0 Å². The maximum Gasteiger partial charge on any atom is 0.402 e. The van der Waals surface area contributed by atoms with Crippen LogP contribution in [0.3, 0.4) is 0 Å². The zero-order valence-corrected chi connectivity index (χ0v) is 9.06. The molecule has 0 bridgehead atoms. The summed E-state index contributed by atoms with van der Waals surface area (Å²) in [4.78, 5) is 0. The number of hydrogen-bond acceptors (Lipinski definition) is 9. The van der Waals surface area contributed by atoms with Crippen LogP contribution in [0.5, 0.6) is 0 Å². The number of aliphatic hydroxyl groups is 5. The van der Waals surface area contributed by atoms with Crippen LogP contribution in [0.15, 0.2) is 0 Å². The molecule has 1 fully saturated rings. The van der Waals surface area contributed by atoms with Crippen LogP contribution in [0.1, 0.15) is 0 Å². The lowest BCUT2D eigenvalue weighted by molar-refractivity contribution is -0.422. The smallest absolute Gasteiger partial charge is 0.394 e. The van der Waals surface area contributed by atoms with Gasteiger partial charge >= 0.3 is 16.4 Å². The van der Waals surface area contributed by atoms with Gasteiger partial charge in [-0.25, -0.2) is 0 Å². The van der Waals surface area contributed by atoms with E-state index in [0.29, 0.717) is 0 Å². The molecule has 0 spiro atoms. The maximum absolute atomic E-state index is 10.4. The molecule has 0 aromatic carbocycles. The summed E-state index contributed by atoms with van der Waals surface area (Å²) in [5.74, 6) is -3.31. The monoisotopic (exact) mass is 276 g/mol. The topological polar surface area (TPSA) is 174 Å². The number of rotatable bonds is 3. The van der Waals surface area contributed by atoms with Gasteiger partial charge in [-0.1, -0.05) is 0 Å². The van der Waals surface area contributed by atoms with Crippen molar-refractivity contribution in [1.82, 2.24) is 0 Å². The molecule has 5 atom stereocenters. The first-order chi connectivity index (χ1) is 7.60. The summed E-state index contributed by atoms with van der Waals surface area (Å²) in [6.07, 6.45) is -7.81. The minimum Gasteiger partial charge on any atom is -0.394 e. The van der Waals surface area contributed by atoms with Gasteiger partial charge in [0.15, 0.2) is 6.10 Å². The van der Waals surface area contributed by atoms with Crippen molar-refractivity contribution in [2.45, 2.75) is 30.4 Å². The first-order valence-corrected chi connectivity index (χ1v) is 5.70.